The first-order chi connectivity index (χ1) is 10.2. The molecule has 6 nitrogen and oxygen atoms in total. The second kappa shape index (κ2) is 5.61. The largest absolute Gasteiger partial charge is 0.474 e. The molecule has 1 aliphatic heterocycles. The Hall–Kier alpha value is -2.28. The molecule has 0 atom stereocenters. The first kappa shape index (κ1) is 13.7. The quantitative estimate of drug-likeness (QED) is 0.694. The van der Waals surface area contributed by atoms with Gasteiger partial charge in [-0.1, -0.05) is 0 Å². The zero-order valence-electron chi connectivity index (χ0n) is 11.2. The maximum Gasteiger partial charge on any atom is 0.282 e. The Labute approximate surface area is 120 Å². The monoisotopic (exact) mass is 291 g/mol. The Bertz CT molecular complexity index is 686. The number of non-ortho nitro benzene ring substituents is 1. The van der Waals surface area contributed by atoms with Crippen LogP contribution in [0, 0.1) is 15.9 Å². The maximum absolute atomic E-state index is 13.9. The second-order valence-electron chi connectivity index (χ2n) is 4.93. The van der Waals surface area contributed by atoms with E-state index < -0.39 is 10.7 Å². The van der Waals surface area contributed by atoms with Crippen molar-refractivity contribution in [2.45, 2.75) is 18.9 Å². The SMILES string of the molecule is O=[N+]([O-])c1ccc(F)c2ccnc(OC3CCNCC3)c12. The van der Waals surface area contributed by atoms with Crippen LogP contribution in [0.25, 0.3) is 10.8 Å². The molecule has 1 aliphatic rings. The van der Waals surface area contributed by atoms with Crippen molar-refractivity contribution in [3.05, 3.63) is 40.3 Å². The minimum absolute atomic E-state index is 0.0628. The summed E-state index contributed by atoms with van der Waals surface area (Å²) in [6.45, 7) is 1.65. The van der Waals surface area contributed by atoms with Gasteiger partial charge in [0.1, 0.15) is 17.3 Å². The number of nitro benzene ring substituents is 1. The topological polar surface area (TPSA) is 77.3 Å². The van der Waals surface area contributed by atoms with E-state index in [0.29, 0.717) is 0 Å². The third-order valence-electron chi connectivity index (χ3n) is 3.58. The van der Waals surface area contributed by atoms with E-state index in [1.807, 2.05) is 0 Å². The predicted octanol–water partition coefficient (Wildman–Crippen LogP) is 2.41. The first-order valence-electron chi connectivity index (χ1n) is 6.76. The van der Waals surface area contributed by atoms with Crippen LogP contribution in [0.1, 0.15) is 12.8 Å². The van der Waals surface area contributed by atoms with Crippen molar-refractivity contribution < 1.29 is 14.1 Å². The number of nitrogens with zero attached hydrogens (tertiary/aromatic N) is 2. The normalized spacial score (nSPS) is 16.0. The van der Waals surface area contributed by atoms with Gasteiger partial charge in [0.15, 0.2) is 0 Å². The lowest BCUT2D eigenvalue weighted by Gasteiger charge is -2.23. The van der Waals surface area contributed by atoms with Gasteiger partial charge in [-0.15, -0.1) is 0 Å². The Morgan fingerprint density at radius 2 is 2.10 bits per heavy atom. The number of hydrogen-bond acceptors (Lipinski definition) is 5. The highest BCUT2D eigenvalue weighted by Crippen LogP contribution is 2.34. The summed E-state index contributed by atoms with van der Waals surface area (Å²) in [6, 6.07) is 3.66. The number of nitrogens with one attached hydrogen (secondary N) is 1. The van der Waals surface area contributed by atoms with Gasteiger partial charge in [0, 0.05) is 17.6 Å². The molecule has 0 saturated carbocycles. The van der Waals surface area contributed by atoms with Crippen molar-refractivity contribution in [2.75, 3.05) is 13.1 Å². The van der Waals surface area contributed by atoms with Gasteiger partial charge in [0.2, 0.25) is 5.88 Å². The highest BCUT2D eigenvalue weighted by atomic mass is 19.1. The van der Waals surface area contributed by atoms with Crippen molar-refractivity contribution in [1.29, 1.82) is 0 Å². The van der Waals surface area contributed by atoms with Gasteiger partial charge in [-0.2, -0.15) is 0 Å². The summed E-state index contributed by atoms with van der Waals surface area (Å²) in [5.74, 6) is -0.390. The number of hydrogen-bond donors (Lipinski definition) is 1. The summed E-state index contributed by atoms with van der Waals surface area (Å²) in [4.78, 5) is 14.7. The van der Waals surface area contributed by atoms with Crippen LogP contribution in [-0.2, 0) is 0 Å². The minimum atomic E-state index is -0.543. The molecule has 7 heteroatoms. The fraction of sp³-hybridized carbons (Fsp3) is 0.357. The van der Waals surface area contributed by atoms with E-state index in [4.69, 9.17) is 4.74 Å². The predicted molar refractivity (Wildman–Crippen MR) is 74.9 cm³/mol. The lowest BCUT2D eigenvalue weighted by atomic mass is 10.1. The number of piperidine rings is 1. The van der Waals surface area contributed by atoms with Crippen LogP contribution in [0.5, 0.6) is 5.88 Å². The molecule has 0 amide bonds. The number of aromatic nitrogens is 1. The molecule has 2 heterocycles. The third-order valence-corrected chi connectivity index (χ3v) is 3.58. The molecular formula is C14H14FN3O3. The van der Waals surface area contributed by atoms with Gasteiger partial charge in [0.05, 0.1) is 4.92 Å². The fourth-order valence-corrected chi connectivity index (χ4v) is 2.53. The molecule has 0 bridgehead atoms. The van der Waals surface area contributed by atoms with Gasteiger partial charge >= 0.3 is 0 Å². The van der Waals surface area contributed by atoms with Crippen LogP contribution < -0.4 is 10.1 Å². The highest BCUT2D eigenvalue weighted by molar-refractivity contribution is 5.95. The van der Waals surface area contributed by atoms with E-state index in [0.717, 1.165) is 38.1 Å². The van der Waals surface area contributed by atoms with Crippen LogP contribution in [-0.4, -0.2) is 29.1 Å². The molecule has 0 aliphatic carbocycles. The number of ether oxygens (including phenoxy) is 1. The molecule has 1 N–H and O–H groups in total. The smallest absolute Gasteiger partial charge is 0.282 e. The Morgan fingerprint density at radius 1 is 1.33 bits per heavy atom. The fourth-order valence-electron chi connectivity index (χ4n) is 2.53. The van der Waals surface area contributed by atoms with Gasteiger partial charge in [-0.3, -0.25) is 10.1 Å². The summed E-state index contributed by atoms with van der Waals surface area (Å²) < 4.78 is 19.7. The Morgan fingerprint density at radius 3 is 2.81 bits per heavy atom. The van der Waals surface area contributed by atoms with Gasteiger partial charge in [-0.25, -0.2) is 9.37 Å². The van der Waals surface area contributed by atoms with E-state index in [9.17, 15) is 14.5 Å². The van der Waals surface area contributed by atoms with Crippen molar-refractivity contribution in [1.82, 2.24) is 10.3 Å². The molecule has 0 spiro atoms. The third kappa shape index (κ3) is 2.64. The van der Waals surface area contributed by atoms with Gasteiger partial charge in [0.25, 0.3) is 5.69 Å². The average molecular weight is 291 g/mol. The zero-order valence-corrected chi connectivity index (χ0v) is 11.2. The van der Waals surface area contributed by atoms with E-state index in [1.165, 1.54) is 12.3 Å². The molecule has 0 unspecified atom stereocenters. The van der Waals surface area contributed by atoms with Crippen molar-refractivity contribution in [2.24, 2.45) is 0 Å². The minimum Gasteiger partial charge on any atom is -0.474 e. The molecule has 1 saturated heterocycles. The van der Waals surface area contributed by atoms with Gasteiger partial charge in [-0.05, 0) is 38.1 Å². The summed E-state index contributed by atoms with van der Waals surface area (Å²) >= 11 is 0. The molecule has 110 valence electrons. The Balaban J connectivity index is 2.08. The molecule has 3 rings (SSSR count). The van der Waals surface area contributed by atoms with E-state index in [-0.39, 0.29) is 28.4 Å². The molecule has 1 fully saturated rings. The van der Waals surface area contributed by atoms with Crippen molar-refractivity contribution in [3.63, 3.8) is 0 Å². The average Bonchev–Trinajstić information content (AvgIpc) is 2.49. The highest BCUT2D eigenvalue weighted by Gasteiger charge is 2.23. The van der Waals surface area contributed by atoms with Crippen LogP contribution in [0.2, 0.25) is 0 Å². The summed E-state index contributed by atoms with van der Waals surface area (Å²) in [5.41, 5.74) is -0.191. The first-order valence-corrected chi connectivity index (χ1v) is 6.76. The number of nitro groups is 1. The number of halogens is 1. The molecule has 2 aromatic rings. The number of rotatable bonds is 3. The van der Waals surface area contributed by atoms with Crippen LogP contribution in [0.4, 0.5) is 10.1 Å². The van der Waals surface area contributed by atoms with Crippen LogP contribution >= 0.6 is 0 Å². The number of benzene rings is 1. The van der Waals surface area contributed by atoms with Crippen LogP contribution in [0.3, 0.4) is 0 Å². The maximum atomic E-state index is 13.9. The molecule has 0 radical (unpaired) electrons. The Kier molecular flexibility index (Phi) is 3.66. The molecular weight excluding hydrogens is 277 g/mol. The lowest BCUT2D eigenvalue weighted by molar-refractivity contribution is -0.383. The standard InChI is InChI=1S/C14H14FN3O3/c15-11-1-2-12(18(19)20)13-10(11)5-8-17-14(13)21-9-3-6-16-7-4-9/h1-2,5,8-9,16H,3-4,6-7H2. The lowest BCUT2D eigenvalue weighted by Crippen LogP contribution is -2.34. The number of pyridine rings is 1. The molecule has 1 aromatic carbocycles. The zero-order chi connectivity index (χ0) is 14.8. The number of fused-ring (bicyclic) bond motifs is 1. The summed E-state index contributed by atoms with van der Waals surface area (Å²) in [7, 11) is 0. The van der Waals surface area contributed by atoms with Crippen molar-refractivity contribution >= 4 is 16.5 Å². The summed E-state index contributed by atoms with van der Waals surface area (Å²) in [5, 5.41) is 14.6. The summed E-state index contributed by atoms with van der Waals surface area (Å²) in [6.07, 6.45) is 2.93. The van der Waals surface area contributed by atoms with Gasteiger partial charge < -0.3 is 10.1 Å². The molecule has 21 heavy (non-hydrogen) atoms. The van der Waals surface area contributed by atoms with Crippen molar-refractivity contribution in [3.8, 4) is 5.88 Å². The van der Waals surface area contributed by atoms with E-state index in [2.05, 4.69) is 10.3 Å². The van der Waals surface area contributed by atoms with E-state index in [1.54, 1.807) is 0 Å². The second-order valence-corrected chi connectivity index (χ2v) is 4.93. The van der Waals surface area contributed by atoms with E-state index >= 15 is 0 Å². The van der Waals surface area contributed by atoms with Crippen LogP contribution in [0.15, 0.2) is 24.4 Å². The molecule has 1 aromatic heterocycles.